The van der Waals surface area contributed by atoms with Crippen LogP contribution in [0.15, 0.2) is 133 Å². The lowest BCUT2D eigenvalue weighted by molar-refractivity contribution is 1.20. The smallest absolute Gasteiger partial charge is 0.0992 e. The van der Waals surface area contributed by atoms with Crippen LogP contribution in [0.2, 0.25) is 0 Å². The Balaban J connectivity index is 1.48. The van der Waals surface area contributed by atoms with E-state index in [4.69, 9.17) is 0 Å². The summed E-state index contributed by atoms with van der Waals surface area (Å²) in [6, 6.07) is 47.9. The number of nitrogens with zero attached hydrogens (tertiary/aromatic N) is 3. The Morgan fingerprint density at radius 1 is 0.486 bits per heavy atom. The molecule has 3 heteroatoms. The molecule has 0 unspecified atom stereocenters. The molecule has 0 radical (unpaired) electrons. The maximum atomic E-state index is 9.24. The number of anilines is 5. The van der Waals surface area contributed by atoms with Crippen molar-refractivity contribution in [2.75, 3.05) is 16.8 Å². The van der Waals surface area contributed by atoms with Gasteiger partial charge in [-0.2, -0.15) is 5.26 Å². The van der Waals surface area contributed by atoms with Crippen LogP contribution >= 0.6 is 0 Å². The summed E-state index contributed by atoms with van der Waals surface area (Å²) in [5.74, 6) is 0. The maximum absolute atomic E-state index is 9.24. The molecule has 0 aromatic heterocycles. The van der Waals surface area contributed by atoms with Crippen LogP contribution in [0.3, 0.4) is 0 Å². The van der Waals surface area contributed by atoms with Gasteiger partial charge in [-0.05, 0) is 77.9 Å². The molecule has 5 rings (SSSR count). The third kappa shape index (κ3) is 4.78. The number of benzene rings is 5. The molecule has 0 saturated carbocycles. The van der Waals surface area contributed by atoms with Gasteiger partial charge in [-0.3, -0.25) is 0 Å². The SMILES string of the molecule is CN(c1ccc(N(c2ccccc2)c2ccc(-c3ccccc3)cc2)cc1)c1cccc(C#N)c1. The van der Waals surface area contributed by atoms with E-state index in [1.165, 1.54) is 11.1 Å². The number of hydrogen-bond acceptors (Lipinski definition) is 3. The zero-order valence-corrected chi connectivity index (χ0v) is 19.5. The van der Waals surface area contributed by atoms with Gasteiger partial charge in [-0.25, -0.2) is 0 Å². The van der Waals surface area contributed by atoms with Gasteiger partial charge in [-0.1, -0.05) is 66.7 Å². The van der Waals surface area contributed by atoms with Crippen molar-refractivity contribution < 1.29 is 0 Å². The van der Waals surface area contributed by atoms with Crippen LogP contribution in [0.4, 0.5) is 28.4 Å². The highest BCUT2D eigenvalue weighted by Gasteiger charge is 2.13. The molecule has 0 saturated heterocycles. The zero-order chi connectivity index (χ0) is 24.0. The van der Waals surface area contributed by atoms with Gasteiger partial charge < -0.3 is 9.80 Å². The average Bonchev–Trinajstić information content (AvgIpc) is 2.95. The summed E-state index contributed by atoms with van der Waals surface area (Å²) in [7, 11) is 2.02. The first-order chi connectivity index (χ1) is 17.2. The standard InChI is InChI=1S/C32H25N3/c1-34(32-14-8-9-25(23-32)24-33)28-19-21-31(22-20-28)35(29-12-6-3-7-13-29)30-17-15-27(16-18-30)26-10-4-2-5-11-26/h2-23H,1H3. The van der Waals surface area contributed by atoms with Gasteiger partial charge >= 0.3 is 0 Å². The van der Waals surface area contributed by atoms with E-state index in [9.17, 15) is 5.26 Å². The Morgan fingerprint density at radius 3 is 1.60 bits per heavy atom. The molecule has 0 aliphatic rings. The Kier molecular flexibility index (Phi) is 6.28. The molecule has 0 fully saturated rings. The fourth-order valence-electron chi connectivity index (χ4n) is 4.22. The first-order valence-corrected chi connectivity index (χ1v) is 11.6. The molecule has 0 N–H and O–H groups in total. The summed E-state index contributed by atoms with van der Waals surface area (Å²) in [5.41, 5.74) is 8.36. The minimum absolute atomic E-state index is 0.653. The second-order valence-corrected chi connectivity index (χ2v) is 8.32. The van der Waals surface area contributed by atoms with Crippen molar-refractivity contribution in [1.82, 2.24) is 0 Å². The quantitative estimate of drug-likeness (QED) is 0.259. The first-order valence-electron chi connectivity index (χ1n) is 11.6. The van der Waals surface area contributed by atoms with Crippen molar-refractivity contribution in [2.24, 2.45) is 0 Å². The van der Waals surface area contributed by atoms with E-state index >= 15 is 0 Å². The van der Waals surface area contributed by atoms with Crippen molar-refractivity contribution in [3.8, 4) is 17.2 Å². The average molecular weight is 452 g/mol. The first kappa shape index (κ1) is 22.0. The van der Waals surface area contributed by atoms with E-state index in [0.717, 1.165) is 28.4 Å². The molecule has 5 aromatic rings. The second-order valence-electron chi connectivity index (χ2n) is 8.32. The lowest BCUT2D eigenvalue weighted by Gasteiger charge is -2.27. The number of rotatable bonds is 6. The van der Waals surface area contributed by atoms with Gasteiger partial charge in [0, 0.05) is 35.5 Å². The van der Waals surface area contributed by atoms with Gasteiger partial charge in [-0.15, -0.1) is 0 Å². The van der Waals surface area contributed by atoms with Crippen LogP contribution in [0.5, 0.6) is 0 Å². The number of nitriles is 1. The van der Waals surface area contributed by atoms with E-state index in [1.807, 2.05) is 43.4 Å². The van der Waals surface area contributed by atoms with E-state index in [0.29, 0.717) is 5.56 Å². The molecule has 0 aliphatic carbocycles. The molecule has 35 heavy (non-hydrogen) atoms. The fourth-order valence-corrected chi connectivity index (χ4v) is 4.22. The molecule has 3 nitrogen and oxygen atoms in total. The predicted molar refractivity (Wildman–Crippen MR) is 146 cm³/mol. The van der Waals surface area contributed by atoms with Gasteiger partial charge in [0.1, 0.15) is 0 Å². The Labute approximate surface area is 206 Å². The van der Waals surface area contributed by atoms with Crippen molar-refractivity contribution in [2.45, 2.75) is 0 Å². The highest BCUT2D eigenvalue weighted by molar-refractivity contribution is 5.79. The van der Waals surface area contributed by atoms with Crippen LogP contribution in [0.1, 0.15) is 5.56 Å². The fraction of sp³-hybridized carbons (Fsp3) is 0.0312. The summed E-state index contributed by atoms with van der Waals surface area (Å²) >= 11 is 0. The van der Waals surface area contributed by atoms with Crippen LogP contribution in [-0.2, 0) is 0 Å². The largest absolute Gasteiger partial charge is 0.345 e. The minimum atomic E-state index is 0.653. The normalized spacial score (nSPS) is 10.4. The molecule has 0 aliphatic heterocycles. The van der Waals surface area contributed by atoms with E-state index in [-0.39, 0.29) is 0 Å². The molecule has 168 valence electrons. The summed E-state index contributed by atoms with van der Waals surface area (Å²) in [6.07, 6.45) is 0. The lowest BCUT2D eigenvalue weighted by atomic mass is 10.0. The van der Waals surface area contributed by atoms with E-state index in [1.54, 1.807) is 0 Å². The van der Waals surface area contributed by atoms with Gasteiger partial charge in [0.25, 0.3) is 0 Å². The third-order valence-corrected chi connectivity index (χ3v) is 6.10. The molecule has 0 heterocycles. The highest BCUT2D eigenvalue weighted by Crippen LogP contribution is 2.36. The van der Waals surface area contributed by atoms with Crippen LogP contribution in [0.25, 0.3) is 11.1 Å². The van der Waals surface area contributed by atoms with Gasteiger partial charge in [0.15, 0.2) is 0 Å². The third-order valence-electron chi connectivity index (χ3n) is 6.10. The monoisotopic (exact) mass is 451 g/mol. The second kappa shape index (κ2) is 9.99. The number of para-hydroxylation sites is 1. The molecule has 0 amide bonds. The van der Waals surface area contributed by atoms with Crippen LogP contribution in [0, 0.1) is 11.3 Å². The summed E-state index contributed by atoms with van der Waals surface area (Å²) in [6.45, 7) is 0. The summed E-state index contributed by atoms with van der Waals surface area (Å²) in [5, 5.41) is 9.24. The predicted octanol–water partition coefficient (Wildman–Crippen LogP) is 8.46. The van der Waals surface area contributed by atoms with Crippen LogP contribution < -0.4 is 9.80 Å². The Morgan fingerprint density at radius 2 is 0.971 bits per heavy atom. The highest BCUT2D eigenvalue weighted by atomic mass is 15.1. The maximum Gasteiger partial charge on any atom is 0.0992 e. The minimum Gasteiger partial charge on any atom is -0.345 e. The van der Waals surface area contributed by atoms with E-state index in [2.05, 4.69) is 113 Å². The lowest BCUT2D eigenvalue weighted by Crippen LogP contribution is -2.12. The van der Waals surface area contributed by atoms with Crippen molar-refractivity contribution >= 4 is 28.4 Å². The van der Waals surface area contributed by atoms with Gasteiger partial charge in [0.05, 0.1) is 11.6 Å². The van der Waals surface area contributed by atoms with Gasteiger partial charge in [0.2, 0.25) is 0 Å². The molecule has 0 bridgehead atoms. The van der Waals surface area contributed by atoms with Crippen molar-refractivity contribution in [1.29, 1.82) is 5.26 Å². The Bertz CT molecular complexity index is 1440. The summed E-state index contributed by atoms with van der Waals surface area (Å²) < 4.78 is 0. The molecule has 0 spiro atoms. The Hall–Kier alpha value is -4.81. The topological polar surface area (TPSA) is 30.3 Å². The summed E-state index contributed by atoms with van der Waals surface area (Å²) in [4.78, 5) is 4.35. The zero-order valence-electron chi connectivity index (χ0n) is 19.5. The van der Waals surface area contributed by atoms with E-state index < -0.39 is 0 Å². The molecular weight excluding hydrogens is 426 g/mol. The number of hydrogen-bond donors (Lipinski definition) is 0. The van der Waals surface area contributed by atoms with Crippen LogP contribution in [-0.4, -0.2) is 7.05 Å². The molecular formula is C32H25N3. The van der Waals surface area contributed by atoms with Crippen molar-refractivity contribution in [3.63, 3.8) is 0 Å². The molecule has 0 atom stereocenters. The molecule has 5 aromatic carbocycles. The van der Waals surface area contributed by atoms with Crippen molar-refractivity contribution in [3.05, 3.63) is 139 Å².